The van der Waals surface area contributed by atoms with Gasteiger partial charge in [0.25, 0.3) is 0 Å². The first kappa shape index (κ1) is 15.3. The first-order valence-corrected chi connectivity index (χ1v) is 9.73. The molecule has 0 aromatic heterocycles. The van der Waals surface area contributed by atoms with Crippen molar-refractivity contribution in [3.63, 3.8) is 0 Å². The van der Waals surface area contributed by atoms with Gasteiger partial charge in [-0.2, -0.15) is 0 Å². The maximum atomic E-state index is 2.50. The summed E-state index contributed by atoms with van der Waals surface area (Å²) in [5.41, 5.74) is 3.01. The summed E-state index contributed by atoms with van der Waals surface area (Å²) in [6.45, 7) is 4.50. The molecule has 1 fully saturated rings. The van der Waals surface area contributed by atoms with Crippen LogP contribution in [0.15, 0.2) is 43.2 Å². The minimum Gasteiger partial charge on any atom is -1.00 e. The molecule has 0 nitrogen and oxygen atoms in total. The second kappa shape index (κ2) is 5.49. The summed E-state index contributed by atoms with van der Waals surface area (Å²) in [6.07, 6.45) is 12.4. The normalized spacial score (nSPS) is 22.0. The van der Waals surface area contributed by atoms with Gasteiger partial charge in [0.05, 0.1) is 0 Å². The first-order valence-electron chi connectivity index (χ1n) is 5.96. The predicted molar refractivity (Wildman–Crippen MR) is 62.5 cm³/mol. The van der Waals surface area contributed by atoms with Gasteiger partial charge in [-0.05, 0) is 0 Å². The molecule has 0 amide bonds. The molecule has 0 unspecified atom stereocenters. The fraction of sp³-hybridized carbons (Fsp3) is 0.429. The zero-order valence-electron chi connectivity index (χ0n) is 10.4. The van der Waals surface area contributed by atoms with Crippen molar-refractivity contribution in [1.82, 2.24) is 0 Å². The maximum Gasteiger partial charge on any atom is -1.00 e. The van der Waals surface area contributed by atoms with E-state index in [1.807, 2.05) is 7.76 Å². The van der Waals surface area contributed by atoms with Crippen LogP contribution in [0.4, 0.5) is 0 Å². The Kier molecular flexibility index (Phi) is 4.94. The zero-order chi connectivity index (χ0) is 10.5. The molecule has 0 bridgehead atoms. The summed E-state index contributed by atoms with van der Waals surface area (Å²) < 4.78 is 6.86. The Bertz CT molecular complexity index is 399. The van der Waals surface area contributed by atoms with E-state index < -0.39 is 16.6 Å². The number of hydrogen-bond acceptors (Lipinski definition) is 0. The molecule has 2 aliphatic carbocycles. The van der Waals surface area contributed by atoms with Crippen molar-refractivity contribution in [2.24, 2.45) is 0 Å². The molecule has 1 heterocycles. The summed E-state index contributed by atoms with van der Waals surface area (Å²) in [4.78, 5) is 0. The Balaban J connectivity index is 0.000000722. The Morgan fingerprint density at radius 1 is 0.824 bits per heavy atom. The fourth-order valence-electron chi connectivity index (χ4n) is 2.97. The van der Waals surface area contributed by atoms with Gasteiger partial charge < -0.3 is 24.8 Å². The Hall–Kier alpha value is 0.254. The van der Waals surface area contributed by atoms with Crippen molar-refractivity contribution < 1.29 is 41.4 Å². The van der Waals surface area contributed by atoms with Crippen molar-refractivity contribution in [3.05, 3.63) is 43.2 Å². The molecule has 0 radical (unpaired) electrons. The van der Waals surface area contributed by atoms with Gasteiger partial charge in [0, 0.05) is 0 Å². The zero-order valence-corrected chi connectivity index (χ0v) is 13.5. The van der Waals surface area contributed by atoms with Crippen LogP contribution in [0.3, 0.4) is 0 Å². The Morgan fingerprint density at radius 2 is 1.24 bits per heavy atom. The van der Waals surface area contributed by atoms with Gasteiger partial charge in [0.2, 0.25) is 0 Å². The molecule has 3 rings (SSSR count). The molecular weight excluding hydrogens is 287 g/mol. The number of rotatable bonds is 2. The van der Waals surface area contributed by atoms with Crippen LogP contribution in [-0.4, -0.2) is 0 Å². The third-order valence-electron chi connectivity index (χ3n) is 4.07. The summed E-state index contributed by atoms with van der Waals surface area (Å²) in [6, 6.07) is 0. The average molecular weight is 305 g/mol. The molecule has 0 aromatic rings. The van der Waals surface area contributed by atoms with Crippen molar-refractivity contribution in [2.45, 2.75) is 36.1 Å². The second-order valence-electron chi connectivity index (χ2n) is 5.23. The molecule has 17 heavy (non-hydrogen) atoms. The molecule has 0 aromatic carbocycles. The number of allylic oxidation sites excluding steroid dienone is 8. The third kappa shape index (κ3) is 2.66. The maximum absolute atomic E-state index is 2.50. The van der Waals surface area contributed by atoms with Gasteiger partial charge in [-0.3, -0.25) is 0 Å². The molecule has 0 spiro atoms. The molecule has 0 N–H and O–H groups in total. The molecule has 1 saturated heterocycles. The summed E-state index contributed by atoms with van der Waals surface area (Å²) in [5, 5.41) is 0. The first-order chi connectivity index (χ1) is 7.21. The van der Waals surface area contributed by atoms with E-state index in [1.54, 1.807) is 9.45 Å². The summed E-state index contributed by atoms with van der Waals surface area (Å²) in [7, 11) is 0. The smallest absolute Gasteiger partial charge is 1.00 e. The molecule has 0 saturated carbocycles. The van der Waals surface area contributed by atoms with E-state index >= 15 is 0 Å². The Morgan fingerprint density at radius 3 is 1.47 bits per heavy atom. The van der Waals surface area contributed by atoms with Crippen molar-refractivity contribution in [2.75, 3.05) is 0 Å². The van der Waals surface area contributed by atoms with Crippen LogP contribution < -0.4 is 24.8 Å². The van der Waals surface area contributed by atoms with E-state index in [0.717, 1.165) is 0 Å². The molecule has 0 atom stereocenters. The van der Waals surface area contributed by atoms with Crippen LogP contribution in [0, 0.1) is 0 Å². The van der Waals surface area contributed by atoms with E-state index in [0.29, 0.717) is 0 Å². The minimum atomic E-state index is -1.59. The van der Waals surface area contributed by atoms with Crippen LogP contribution in [-0.2, 0) is 16.6 Å². The molecule has 3 heteroatoms. The van der Waals surface area contributed by atoms with Gasteiger partial charge >= 0.3 is 95.9 Å². The van der Waals surface area contributed by atoms with Crippen molar-refractivity contribution in [3.8, 4) is 0 Å². The van der Waals surface area contributed by atoms with E-state index in [9.17, 15) is 0 Å². The molecule has 1 aliphatic heterocycles. The predicted octanol–water partition coefficient (Wildman–Crippen LogP) is -1.53. The summed E-state index contributed by atoms with van der Waals surface area (Å²) in [5.74, 6) is 0. The van der Waals surface area contributed by atoms with Gasteiger partial charge in [-0.25, -0.2) is 0 Å². The van der Waals surface area contributed by atoms with Crippen LogP contribution in [0.1, 0.15) is 26.7 Å². The largest absolute Gasteiger partial charge is 1.00 e. The van der Waals surface area contributed by atoms with Crippen LogP contribution >= 0.6 is 0 Å². The van der Waals surface area contributed by atoms with Crippen LogP contribution in [0.2, 0.25) is 9.45 Å². The number of hydrogen-bond donors (Lipinski definition) is 0. The fourth-order valence-corrected chi connectivity index (χ4v) is 10.7. The van der Waals surface area contributed by atoms with Gasteiger partial charge in [0.15, 0.2) is 0 Å². The van der Waals surface area contributed by atoms with Gasteiger partial charge in [0.1, 0.15) is 0 Å². The SMILES string of the molecule is CC1=CC[C]([Ti+2]2([C]3=CC(C)=CC3)[CH2][CH2]2)=C1.[Cl-].[Cl-]. The molecule has 3 aliphatic rings. The monoisotopic (exact) mass is 304 g/mol. The Labute approximate surface area is 120 Å². The molecular formula is C14H18Cl2Ti. The van der Waals surface area contributed by atoms with E-state index in [4.69, 9.17) is 0 Å². The van der Waals surface area contributed by atoms with Crippen molar-refractivity contribution >= 4 is 0 Å². The third-order valence-corrected chi connectivity index (χ3v) is 11.3. The van der Waals surface area contributed by atoms with Gasteiger partial charge in [-0.1, -0.05) is 0 Å². The number of halogens is 2. The minimum absolute atomic E-state index is 0. The topological polar surface area (TPSA) is 0 Å². The van der Waals surface area contributed by atoms with Gasteiger partial charge in [-0.15, -0.1) is 0 Å². The van der Waals surface area contributed by atoms with Crippen LogP contribution in [0.5, 0.6) is 0 Å². The van der Waals surface area contributed by atoms with E-state index in [1.165, 1.54) is 24.0 Å². The summed E-state index contributed by atoms with van der Waals surface area (Å²) >= 11 is -1.59. The van der Waals surface area contributed by atoms with E-state index in [2.05, 4.69) is 38.2 Å². The molecule has 92 valence electrons. The average Bonchev–Trinajstić information content (AvgIpc) is 2.71. The standard InChI is InChI=1S/2C6H7.C2H4.2ClH.Ti/c2*1-6-4-2-3-5-6;1-2;;;/h2*4-5H,2H2,1H3;1-2H2;2*1H;/q;;;;;+2/p-2. The van der Waals surface area contributed by atoms with Crippen molar-refractivity contribution in [1.29, 1.82) is 0 Å². The second-order valence-corrected chi connectivity index (χ2v) is 12.2. The van der Waals surface area contributed by atoms with Crippen LogP contribution in [0.25, 0.3) is 0 Å². The quantitative estimate of drug-likeness (QED) is 0.543. The van der Waals surface area contributed by atoms with E-state index in [-0.39, 0.29) is 24.8 Å².